The number of nitrogens with zero attached hydrogens (tertiary/aromatic N) is 1. The molecule has 3 rings (SSSR count). The van der Waals surface area contributed by atoms with Crippen LogP contribution in [-0.2, 0) is 9.53 Å². The average molecular weight is 428 g/mol. The van der Waals surface area contributed by atoms with Crippen LogP contribution in [0.15, 0.2) is 42.6 Å². The molecule has 1 aromatic carbocycles. The molecule has 1 saturated heterocycles. The number of para-hydroxylation sites is 1. The van der Waals surface area contributed by atoms with E-state index in [-0.39, 0.29) is 5.97 Å². The van der Waals surface area contributed by atoms with E-state index in [0.29, 0.717) is 36.7 Å². The number of carbonyl (C=O) groups is 1. The molecule has 2 aromatic rings. The molecular weight excluding hydrogens is 390 g/mol. The summed E-state index contributed by atoms with van der Waals surface area (Å²) in [6, 6.07) is 11.3. The molecule has 31 heavy (non-hydrogen) atoms. The predicted molar refractivity (Wildman–Crippen MR) is 124 cm³/mol. The van der Waals surface area contributed by atoms with E-state index in [2.05, 4.69) is 25.8 Å². The summed E-state index contributed by atoms with van der Waals surface area (Å²) in [5.74, 6) is 1.47. The summed E-state index contributed by atoms with van der Waals surface area (Å²) in [4.78, 5) is 16.3. The maximum Gasteiger partial charge on any atom is 0.311 e. The van der Waals surface area contributed by atoms with Crippen molar-refractivity contribution in [3.05, 3.63) is 42.6 Å². The van der Waals surface area contributed by atoms with Gasteiger partial charge in [0.15, 0.2) is 0 Å². The van der Waals surface area contributed by atoms with Crippen molar-refractivity contribution in [3.63, 3.8) is 0 Å². The SMILES string of the molecule is CC1CCCCO1.CCOc1cc(-c2ccccc2OC(=O)CCC(C)CC)ccn1. The highest BCUT2D eigenvalue weighted by molar-refractivity contribution is 5.78. The van der Waals surface area contributed by atoms with Crippen molar-refractivity contribution in [1.29, 1.82) is 0 Å². The lowest BCUT2D eigenvalue weighted by molar-refractivity contribution is -0.134. The highest BCUT2D eigenvalue weighted by Gasteiger charge is 2.12. The molecule has 2 heterocycles. The number of ether oxygens (including phenoxy) is 3. The molecule has 0 N–H and O–H groups in total. The molecule has 0 spiro atoms. The third-order valence-corrected chi connectivity index (χ3v) is 5.39. The quantitative estimate of drug-likeness (QED) is 0.358. The van der Waals surface area contributed by atoms with Gasteiger partial charge in [-0.25, -0.2) is 4.98 Å². The first kappa shape index (κ1) is 24.9. The third-order valence-electron chi connectivity index (χ3n) is 5.39. The molecule has 0 saturated carbocycles. The largest absolute Gasteiger partial charge is 0.478 e. The van der Waals surface area contributed by atoms with Crippen LogP contribution >= 0.6 is 0 Å². The van der Waals surface area contributed by atoms with Crippen molar-refractivity contribution in [2.24, 2.45) is 5.92 Å². The maximum absolute atomic E-state index is 12.1. The fourth-order valence-electron chi connectivity index (χ4n) is 3.24. The topological polar surface area (TPSA) is 57.7 Å². The van der Waals surface area contributed by atoms with Crippen LogP contribution in [-0.4, -0.2) is 30.3 Å². The van der Waals surface area contributed by atoms with Gasteiger partial charge < -0.3 is 14.2 Å². The maximum atomic E-state index is 12.1. The second kappa shape index (κ2) is 13.8. The summed E-state index contributed by atoms with van der Waals surface area (Å²) in [7, 11) is 0. The van der Waals surface area contributed by atoms with Crippen molar-refractivity contribution in [1.82, 2.24) is 4.98 Å². The summed E-state index contributed by atoms with van der Waals surface area (Å²) >= 11 is 0. The zero-order valence-electron chi connectivity index (χ0n) is 19.4. The molecule has 5 heteroatoms. The van der Waals surface area contributed by atoms with Gasteiger partial charge in [0.25, 0.3) is 0 Å². The van der Waals surface area contributed by atoms with Crippen molar-refractivity contribution in [2.75, 3.05) is 13.2 Å². The summed E-state index contributed by atoms with van der Waals surface area (Å²) in [6.45, 7) is 9.88. The molecule has 1 aliphatic heterocycles. The minimum atomic E-state index is -0.193. The first-order valence-corrected chi connectivity index (χ1v) is 11.5. The van der Waals surface area contributed by atoms with Crippen LogP contribution in [0, 0.1) is 5.92 Å². The van der Waals surface area contributed by atoms with E-state index in [9.17, 15) is 4.79 Å². The lowest BCUT2D eigenvalue weighted by Gasteiger charge is -2.17. The van der Waals surface area contributed by atoms with E-state index in [4.69, 9.17) is 14.2 Å². The van der Waals surface area contributed by atoms with E-state index < -0.39 is 0 Å². The van der Waals surface area contributed by atoms with Gasteiger partial charge in [-0.05, 0) is 63.1 Å². The summed E-state index contributed by atoms with van der Waals surface area (Å²) in [6.07, 6.45) is 8.48. The van der Waals surface area contributed by atoms with Crippen LogP contribution in [0.2, 0.25) is 0 Å². The molecule has 2 atom stereocenters. The standard InChI is InChI=1S/C20H25NO3.C6H12O/c1-4-15(3)10-11-20(22)24-18-9-7-6-8-17(18)16-12-13-21-19(14-16)23-5-2;1-6-4-2-3-5-7-6/h6-9,12-15H,4-5,10-11H2,1-3H3;6H,2-5H2,1H3. The van der Waals surface area contributed by atoms with Crippen molar-refractivity contribution < 1.29 is 19.0 Å². The number of pyridine rings is 1. The van der Waals surface area contributed by atoms with Gasteiger partial charge in [-0.3, -0.25) is 4.79 Å². The van der Waals surface area contributed by atoms with Gasteiger partial charge in [-0.1, -0.05) is 38.5 Å². The fraction of sp³-hybridized carbons (Fsp3) is 0.538. The van der Waals surface area contributed by atoms with Crippen LogP contribution < -0.4 is 9.47 Å². The molecule has 1 aromatic heterocycles. The van der Waals surface area contributed by atoms with Crippen LogP contribution in [0.1, 0.15) is 66.2 Å². The highest BCUT2D eigenvalue weighted by atomic mass is 16.5. The molecule has 0 aliphatic carbocycles. The second-order valence-corrected chi connectivity index (χ2v) is 8.02. The number of carbonyl (C=O) groups excluding carboxylic acids is 1. The van der Waals surface area contributed by atoms with Gasteiger partial charge in [-0.2, -0.15) is 0 Å². The Balaban J connectivity index is 0.000000412. The molecule has 0 amide bonds. The Morgan fingerprint density at radius 3 is 2.68 bits per heavy atom. The minimum Gasteiger partial charge on any atom is -0.478 e. The highest BCUT2D eigenvalue weighted by Crippen LogP contribution is 2.31. The summed E-state index contributed by atoms with van der Waals surface area (Å²) < 4.78 is 16.3. The number of aromatic nitrogens is 1. The molecule has 170 valence electrons. The minimum absolute atomic E-state index is 0.193. The normalized spacial score (nSPS) is 16.6. The first-order chi connectivity index (χ1) is 15.0. The van der Waals surface area contributed by atoms with Crippen LogP contribution in [0.4, 0.5) is 0 Å². The Labute approximate surface area is 187 Å². The van der Waals surface area contributed by atoms with E-state index in [1.54, 1.807) is 6.20 Å². The van der Waals surface area contributed by atoms with Crippen LogP contribution in [0.5, 0.6) is 11.6 Å². The zero-order valence-corrected chi connectivity index (χ0v) is 19.4. The fourth-order valence-corrected chi connectivity index (χ4v) is 3.24. The Morgan fingerprint density at radius 2 is 2.03 bits per heavy atom. The number of rotatable bonds is 8. The van der Waals surface area contributed by atoms with Crippen LogP contribution in [0.25, 0.3) is 11.1 Å². The van der Waals surface area contributed by atoms with Gasteiger partial charge >= 0.3 is 5.97 Å². The van der Waals surface area contributed by atoms with Gasteiger partial charge in [0.2, 0.25) is 5.88 Å². The van der Waals surface area contributed by atoms with E-state index in [1.807, 2.05) is 43.3 Å². The van der Waals surface area contributed by atoms with E-state index in [0.717, 1.165) is 30.6 Å². The Hall–Kier alpha value is -2.40. The molecule has 1 aliphatic rings. The summed E-state index contributed by atoms with van der Waals surface area (Å²) in [5.41, 5.74) is 1.77. The molecule has 0 radical (unpaired) electrons. The number of esters is 1. The van der Waals surface area contributed by atoms with Crippen molar-refractivity contribution >= 4 is 5.97 Å². The van der Waals surface area contributed by atoms with E-state index in [1.165, 1.54) is 19.3 Å². The smallest absolute Gasteiger partial charge is 0.311 e. The predicted octanol–water partition coefficient (Wildman–Crippen LogP) is 6.45. The third kappa shape index (κ3) is 9.09. The first-order valence-electron chi connectivity index (χ1n) is 11.5. The van der Waals surface area contributed by atoms with Gasteiger partial charge in [0.1, 0.15) is 5.75 Å². The van der Waals surface area contributed by atoms with E-state index >= 15 is 0 Å². The number of benzene rings is 1. The molecular formula is C26H37NO4. The molecule has 1 fully saturated rings. The zero-order chi connectivity index (χ0) is 22.5. The lowest BCUT2D eigenvalue weighted by atomic mass is 10.0. The molecule has 2 unspecified atom stereocenters. The Morgan fingerprint density at radius 1 is 1.23 bits per heavy atom. The number of hydrogen-bond donors (Lipinski definition) is 0. The van der Waals surface area contributed by atoms with Crippen LogP contribution in [0.3, 0.4) is 0 Å². The molecule has 0 bridgehead atoms. The van der Waals surface area contributed by atoms with Crippen molar-refractivity contribution in [3.8, 4) is 22.8 Å². The Kier molecular flexibility index (Phi) is 11.1. The van der Waals surface area contributed by atoms with Gasteiger partial charge in [-0.15, -0.1) is 0 Å². The lowest BCUT2D eigenvalue weighted by Crippen LogP contribution is -2.14. The Bertz CT molecular complexity index is 786. The van der Waals surface area contributed by atoms with Crippen molar-refractivity contribution in [2.45, 2.75) is 72.3 Å². The monoisotopic (exact) mass is 427 g/mol. The van der Waals surface area contributed by atoms with Gasteiger partial charge in [0, 0.05) is 30.9 Å². The van der Waals surface area contributed by atoms with Gasteiger partial charge in [0.05, 0.1) is 12.7 Å². The number of hydrogen-bond acceptors (Lipinski definition) is 5. The molecule has 5 nitrogen and oxygen atoms in total. The second-order valence-electron chi connectivity index (χ2n) is 8.02. The average Bonchev–Trinajstić information content (AvgIpc) is 2.79. The summed E-state index contributed by atoms with van der Waals surface area (Å²) in [5, 5.41) is 0.